The molecular weight excluding hydrogens is 412 g/mol. The molecule has 2 N–H and O–H groups in total. The molecule has 6 nitrogen and oxygen atoms in total. The lowest BCUT2D eigenvalue weighted by Gasteiger charge is -2.11. The minimum Gasteiger partial charge on any atom is -0.481 e. The van der Waals surface area contributed by atoms with E-state index in [4.69, 9.17) is 25.3 Å². The van der Waals surface area contributed by atoms with Gasteiger partial charge in [-0.1, -0.05) is 64.5 Å². The van der Waals surface area contributed by atoms with Crippen molar-refractivity contribution in [2.45, 2.75) is 59.3 Å². The van der Waals surface area contributed by atoms with E-state index in [0.717, 1.165) is 36.9 Å². The fourth-order valence-electron chi connectivity index (χ4n) is 3.14. The van der Waals surface area contributed by atoms with Gasteiger partial charge in [0, 0.05) is 12.5 Å². The minimum absolute atomic E-state index is 0.297. The highest BCUT2D eigenvalue weighted by atomic mass is 16.5. The number of nitrogens with one attached hydrogen (secondary N) is 2. The zero-order valence-corrected chi connectivity index (χ0v) is 20.7. The number of benzene rings is 1. The van der Waals surface area contributed by atoms with Crippen molar-refractivity contribution in [1.82, 2.24) is 9.97 Å². The first-order chi connectivity index (χ1) is 16.1. The van der Waals surface area contributed by atoms with Gasteiger partial charge in [-0.05, 0) is 49.8 Å². The van der Waals surface area contributed by atoms with E-state index < -0.39 is 0 Å². The predicted octanol–water partition coefficient (Wildman–Crippen LogP) is 7.24. The molecule has 0 spiro atoms. The van der Waals surface area contributed by atoms with Crippen molar-refractivity contribution in [1.29, 1.82) is 10.8 Å². The normalized spacial score (nSPS) is 9.45. The number of hydrogen-bond donors (Lipinski definition) is 2. The molecule has 6 heteroatoms. The van der Waals surface area contributed by atoms with E-state index in [2.05, 4.69) is 43.1 Å². The number of methoxy groups -OCH3 is 1. The standard InChI is InChI=1S/C24H31N3O2.C2H6.CH3N/c1-5-21-22(6-2)27-24(28-4)23(26-21)20-15-12-14-19(17-20)13-10-8-7-9-11-16-29-18(3)25;2*1-2/h5-6,12,14-15,17,25H,1-2,7-11,13,16H2,3-4H3;1-2H3;2H,1H2. The van der Waals surface area contributed by atoms with Crippen LogP contribution in [0.4, 0.5) is 0 Å². The quantitative estimate of drug-likeness (QED) is 0.202. The molecule has 180 valence electrons. The summed E-state index contributed by atoms with van der Waals surface area (Å²) in [6, 6.07) is 8.39. The van der Waals surface area contributed by atoms with Crippen LogP contribution >= 0.6 is 0 Å². The Morgan fingerprint density at radius 1 is 0.970 bits per heavy atom. The summed E-state index contributed by atoms with van der Waals surface area (Å²) < 4.78 is 10.6. The third-order valence-electron chi connectivity index (χ3n) is 4.63. The number of aromatic nitrogens is 2. The topological polar surface area (TPSA) is 91.9 Å². The van der Waals surface area contributed by atoms with Gasteiger partial charge in [-0.15, -0.1) is 0 Å². The number of hydrogen-bond acceptors (Lipinski definition) is 6. The zero-order chi connectivity index (χ0) is 25.1. The Morgan fingerprint density at radius 3 is 2.18 bits per heavy atom. The van der Waals surface area contributed by atoms with Gasteiger partial charge in [-0.2, -0.15) is 0 Å². The third kappa shape index (κ3) is 10.7. The molecule has 1 heterocycles. The van der Waals surface area contributed by atoms with Crippen molar-refractivity contribution >= 4 is 24.8 Å². The molecule has 2 rings (SSSR count). The number of unbranched alkanes of at least 4 members (excludes halogenated alkanes) is 4. The molecule has 1 aromatic carbocycles. The van der Waals surface area contributed by atoms with Crippen LogP contribution in [0.3, 0.4) is 0 Å². The van der Waals surface area contributed by atoms with Crippen LogP contribution in [-0.4, -0.2) is 36.3 Å². The molecule has 0 atom stereocenters. The van der Waals surface area contributed by atoms with Crippen molar-refractivity contribution in [2.75, 3.05) is 13.7 Å². The first-order valence-electron chi connectivity index (χ1n) is 11.4. The summed E-state index contributed by atoms with van der Waals surface area (Å²) >= 11 is 0. The molecule has 0 unspecified atom stereocenters. The van der Waals surface area contributed by atoms with Gasteiger partial charge in [0.15, 0.2) is 5.90 Å². The van der Waals surface area contributed by atoms with Crippen molar-refractivity contribution in [2.24, 2.45) is 0 Å². The number of nitrogens with zero attached hydrogens (tertiary/aromatic N) is 2. The van der Waals surface area contributed by atoms with Gasteiger partial charge in [0.1, 0.15) is 5.69 Å². The second-order valence-corrected chi connectivity index (χ2v) is 6.88. The van der Waals surface area contributed by atoms with Crippen LogP contribution in [0, 0.1) is 10.8 Å². The number of rotatable bonds is 12. The summed E-state index contributed by atoms with van der Waals surface area (Å²) in [5, 5.41) is 12.7. The molecule has 0 aliphatic carbocycles. The van der Waals surface area contributed by atoms with E-state index in [1.165, 1.54) is 18.4 Å². The highest BCUT2D eigenvalue weighted by Crippen LogP contribution is 2.29. The maximum absolute atomic E-state index is 7.24. The smallest absolute Gasteiger partial charge is 0.240 e. The Hall–Kier alpha value is -3.28. The van der Waals surface area contributed by atoms with Crippen LogP contribution in [0.5, 0.6) is 5.88 Å². The second kappa shape index (κ2) is 18.3. The largest absolute Gasteiger partial charge is 0.481 e. The summed E-state index contributed by atoms with van der Waals surface area (Å²) in [6.45, 7) is 16.4. The molecule has 0 saturated carbocycles. The van der Waals surface area contributed by atoms with Crippen molar-refractivity contribution in [3.8, 4) is 17.1 Å². The van der Waals surface area contributed by atoms with Gasteiger partial charge < -0.3 is 14.9 Å². The molecular formula is C27H40N4O2. The zero-order valence-electron chi connectivity index (χ0n) is 20.7. The van der Waals surface area contributed by atoms with E-state index >= 15 is 0 Å². The maximum Gasteiger partial charge on any atom is 0.240 e. The van der Waals surface area contributed by atoms with Gasteiger partial charge in [0.25, 0.3) is 0 Å². The van der Waals surface area contributed by atoms with Gasteiger partial charge in [-0.3, -0.25) is 5.41 Å². The van der Waals surface area contributed by atoms with Crippen molar-refractivity contribution in [3.63, 3.8) is 0 Å². The van der Waals surface area contributed by atoms with Crippen molar-refractivity contribution < 1.29 is 9.47 Å². The summed E-state index contributed by atoms with van der Waals surface area (Å²) in [6.07, 6.45) is 10.0. The first kappa shape index (κ1) is 29.7. The maximum atomic E-state index is 7.24. The van der Waals surface area contributed by atoms with Gasteiger partial charge in [0.05, 0.1) is 25.1 Å². The SMILES string of the molecule is C=Cc1nc(OC)c(-c2cccc(CCCCCCCOC(C)=N)c2)nc1C=C.C=N.CC. The minimum atomic E-state index is 0.297. The van der Waals surface area contributed by atoms with Crippen LogP contribution in [0.2, 0.25) is 0 Å². The lowest BCUT2D eigenvalue weighted by Crippen LogP contribution is -2.01. The lowest BCUT2D eigenvalue weighted by molar-refractivity contribution is 0.287. The Morgan fingerprint density at radius 2 is 1.58 bits per heavy atom. The molecule has 0 bridgehead atoms. The Kier molecular flexibility index (Phi) is 16.5. The fraction of sp³-hybridized carbons (Fsp3) is 0.407. The van der Waals surface area contributed by atoms with Gasteiger partial charge in [0.2, 0.25) is 5.88 Å². The van der Waals surface area contributed by atoms with E-state index in [-0.39, 0.29) is 0 Å². The van der Waals surface area contributed by atoms with Crippen LogP contribution in [0.25, 0.3) is 23.4 Å². The summed E-state index contributed by atoms with van der Waals surface area (Å²) in [5.74, 6) is 0.788. The summed E-state index contributed by atoms with van der Waals surface area (Å²) in [5.41, 5.74) is 4.35. The highest BCUT2D eigenvalue weighted by molar-refractivity contribution is 5.70. The predicted molar refractivity (Wildman–Crippen MR) is 142 cm³/mol. The van der Waals surface area contributed by atoms with E-state index in [0.29, 0.717) is 29.8 Å². The average Bonchev–Trinajstić information content (AvgIpc) is 2.87. The number of aryl methyl sites for hydroxylation is 1. The van der Waals surface area contributed by atoms with Crippen LogP contribution < -0.4 is 4.74 Å². The molecule has 1 aromatic heterocycles. The van der Waals surface area contributed by atoms with Crippen LogP contribution in [0.1, 0.15) is 69.8 Å². The lowest BCUT2D eigenvalue weighted by atomic mass is 10.0. The highest BCUT2D eigenvalue weighted by Gasteiger charge is 2.13. The Labute approximate surface area is 199 Å². The van der Waals surface area contributed by atoms with E-state index in [1.807, 2.05) is 19.9 Å². The summed E-state index contributed by atoms with van der Waals surface area (Å²) in [4.78, 5) is 9.20. The van der Waals surface area contributed by atoms with Crippen LogP contribution in [-0.2, 0) is 11.2 Å². The molecule has 33 heavy (non-hydrogen) atoms. The first-order valence-corrected chi connectivity index (χ1v) is 11.4. The van der Waals surface area contributed by atoms with Crippen molar-refractivity contribution in [3.05, 3.63) is 54.4 Å². The molecule has 0 radical (unpaired) electrons. The molecule has 0 amide bonds. The molecule has 0 saturated heterocycles. The van der Waals surface area contributed by atoms with Crippen LogP contribution in [0.15, 0.2) is 37.4 Å². The Bertz CT molecular complexity index is 865. The monoisotopic (exact) mass is 452 g/mol. The van der Waals surface area contributed by atoms with Gasteiger partial charge in [-0.25, -0.2) is 9.97 Å². The van der Waals surface area contributed by atoms with E-state index in [9.17, 15) is 0 Å². The average molecular weight is 453 g/mol. The fourth-order valence-corrected chi connectivity index (χ4v) is 3.14. The third-order valence-corrected chi connectivity index (χ3v) is 4.63. The number of ether oxygens (including phenoxy) is 2. The molecule has 0 aliphatic heterocycles. The molecule has 0 fully saturated rings. The summed E-state index contributed by atoms with van der Waals surface area (Å²) in [7, 11) is 1.60. The molecule has 2 aromatic rings. The Balaban J connectivity index is 0.00000242. The van der Waals surface area contributed by atoms with E-state index in [1.54, 1.807) is 26.2 Å². The molecule has 0 aliphatic rings. The second-order valence-electron chi connectivity index (χ2n) is 6.88. The van der Waals surface area contributed by atoms with Gasteiger partial charge >= 0.3 is 0 Å².